The SMILES string of the molecule is CCC(CCc1ccc(OC)cc1F)c1cc(N2CCN(c3ccc(C)cc3)C(C)C2)ccc1C=O. The number of nitrogens with zero attached hydrogens (tertiary/aromatic N) is 2. The molecule has 36 heavy (non-hydrogen) atoms. The van der Waals surface area contributed by atoms with Gasteiger partial charge in [0.15, 0.2) is 0 Å². The van der Waals surface area contributed by atoms with Crippen LogP contribution in [0.25, 0.3) is 0 Å². The Hall–Kier alpha value is -3.34. The predicted molar refractivity (Wildman–Crippen MR) is 146 cm³/mol. The highest BCUT2D eigenvalue weighted by atomic mass is 19.1. The van der Waals surface area contributed by atoms with E-state index in [2.05, 4.69) is 67.0 Å². The maximum Gasteiger partial charge on any atom is 0.150 e. The third-order valence-electron chi connectivity index (χ3n) is 7.51. The number of benzene rings is 3. The molecule has 0 bridgehead atoms. The van der Waals surface area contributed by atoms with E-state index in [0.29, 0.717) is 23.8 Å². The Balaban J connectivity index is 1.50. The van der Waals surface area contributed by atoms with Crippen molar-refractivity contribution in [3.8, 4) is 5.75 Å². The summed E-state index contributed by atoms with van der Waals surface area (Å²) in [4.78, 5) is 16.8. The van der Waals surface area contributed by atoms with Gasteiger partial charge in [-0.2, -0.15) is 0 Å². The van der Waals surface area contributed by atoms with Gasteiger partial charge < -0.3 is 14.5 Å². The number of ether oxygens (including phenoxy) is 1. The molecule has 3 aromatic carbocycles. The molecular weight excluding hydrogens is 451 g/mol. The number of rotatable bonds is 9. The summed E-state index contributed by atoms with van der Waals surface area (Å²) in [5, 5.41) is 0. The lowest BCUT2D eigenvalue weighted by Gasteiger charge is -2.42. The van der Waals surface area contributed by atoms with E-state index in [4.69, 9.17) is 4.74 Å². The number of aldehydes is 1. The van der Waals surface area contributed by atoms with E-state index < -0.39 is 0 Å². The Morgan fingerprint density at radius 3 is 2.44 bits per heavy atom. The molecule has 4 rings (SSSR count). The zero-order chi connectivity index (χ0) is 25.7. The molecule has 1 heterocycles. The van der Waals surface area contributed by atoms with E-state index in [1.54, 1.807) is 19.2 Å². The van der Waals surface area contributed by atoms with E-state index >= 15 is 0 Å². The highest BCUT2D eigenvalue weighted by Gasteiger charge is 2.25. The van der Waals surface area contributed by atoms with Crippen LogP contribution < -0.4 is 14.5 Å². The van der Waals surface area contributed by atoms with Gasteiger partial charge in [-0.3, -0.25) is 4.79 Å². The van der Waals surface area contributed by atoms with Crippen molar-refractivity contribution in [3.63, 3.8) is 0 Å². The van der Waals surface area contributed by atoms with Gasteiger partial charge in [0, 0.05) is 48.7 Å². The fraction of sp³-hybridized carbons (Fsp3) is 0.387. The van der Waals surface area contributed by atoms with Crippen molar-refractivity contribution in [1.29, 1.82) is 0 Å². The Labute approximate surface area is 214 Å². The Kier molecular flexibility index (Phi) is 8.29. The first-order chi connectivity index (χ1) is 17.4. The highest BCUT2D eigenvalue weighted by molar-refractivity contribution is 5.79. The average molecular weight is 489 g/mol. The monoisotopic (exact) mass is 488 g/mol. The van der Waals surface area contributed by atoms with E-state index in [-0.39, 0.29) is 11.7 Å². The van der Waals surface area contributed by atoms with Crippen LogP contribution in [-0.4, -0.2) is 39.1 Å². The third kappa shape index (κ3) is 5.72. The zero-order valence-corrected chi connectivity index (χ0v) is 21.8. The first-order valence-electron chi connectivity index (χ1n) is 12.9. The smallest absolute Gasteiger partial charge is 0.150 e. The number of anilines is 2. The quantitative estimate of drug-likeness (QED) is 0.310. The van der Waals surface area contributed by atoms with E-state index in [1.165, 1.54) is 17.3 Å². The van der Waals surface area contributed by atoms with E-state index in [9.17, 15) is 9.18 Å². The number of aryl methyl sites for hydroxylation is 2. The average Bonchev–Trinajstić information content (AvgIpc) is 2.90. The molecule has 0 amide bonds. The van der Waals surface area contributed by atoms with Gasteiger partial charge in [-0.15, -0.1) is 0 Å². The molecule has 0 aromatic heterocycles. The lowest BCUT2D eigenvalue weighted by molar-refractivity contribution is 0.112. The van der Waals surface area contributed by atoms with Crippen LogP contribution in [0, 0.1) is 12.7 Å². The fourth-order valence-corrected chi connectivity index (χ4v) is 5.30. The summed E-state index contributed by atoms with van der Waals surface area (Å²) in [6.45, 7) is 9.31. The van der Waals surface area contributed by atoms with Gasteiger partial charge in [0.25, 0.3) is 0 Å². The summed E-state index contributed by atoms with van der Waals surface area (Å²) >= 11 is 0. The topological polar surface area (TPSA) is 32.8 Å². The Morgan fingerprint density at radius 1 is 1.06 bits per heavy atom. The Bertz CT molecular complexity index is 1180. The van der Waals surface area contributed by atoms with Gasteiger partial charge in [-0.25, -0.2) is 4.39 Å². The number of piperazine rings is 1. The van der Waals surface area contributed by atoms with Crippen molar-refractivity contribution < 1.29 is 13.9 Å². The molecule has 2 unspecified atom stereocenters. The van der Waals surface area contributed by atoms with Crippen LogP contribution in [0.4, 0.5) is 15.8 Å². The van der Waals surface area contributed by atoms with Crippen LogP contribution >= 0.6 is 0 Å². The number of hydrogen-bond acceptors (Lipinski definition) is 4. The second-order valence-electron chi connectivity index (χ2n) is 9.86. The largest absolute Gasteiger partial charge is 0.497 e. The van der Waals surface area contributed by atoms with Crippen LogP contribution in [0.3, 0.4) is 0 Å². The van der Waals surface area contributed by atoms with Crippen molar-refractivity contribution in [2.75, 3.05) is 36.5 Å². The van der Waals surface area contributed by atoms with Crippen molar-refractivity contribution in [1.82, 2.24) is 0 Å². The molecule has 0 radical (unpaired) electrons. The summed E-state index contributed by atoms with van der Waals surface area (Å²) in [5.74, 6) is 0.461. The van der Waals surface area contributed by atoms with Crippen LogP contribution in [0.15, 0.2) is 60.7 Å². The van der Waals surface area contributed by atoms with E-state index in [0.717, 1.165) is 55.6 Å². The van der Waals surface area contributed by atoms with Crippen LogP contribution in [0.2, 0.25) is 0 Å². The number of carbonyl (C=O) groups is 1. The molecule has 3 aromatic rings. The number of halogens is 1. The van der Waals surface area contributed by atoms with Gasteiger partial charge in [0.2, 0.25) is 0 Å². The Morgan fingerprint density at radius 2 is 1.81 bits per heavy atom. The molecule has 4 nitrogen and oxygen atoms in total. The van der Waals surface area contributed by atoms with Crippen LogP contribution in [-0.2, 0) is 6.42 Å². The van der Waals surface area contributed by atoms with Crippen molar-refractivity contribution in [2.45, 2.75) is 52.0 Å². The van der Waals surface area contributed by atoms with Gasteiger partial charge in [-0.05, 0) is 86.6 Å². The summed E-state index contributed by atoms with van der Waals surface area (Å²) in [7, 11) is 1.54. The molecule has 2 atom stereocenters. The van der Waals surface area contributed by atoms with Crippen LogP contribution in [0.5, 0.6) is 5.75 Å². The minimum absolute atomic E-state index is 0.179. The fourth-order valence-electron chi connectivity index (χ4n) is 5.30. The number of hydrogen-bond donors (Lipinski definition) is 0. The van der Waals surface area contributed by atoms with Crippen molar-refractivity contribution in [2.24, 2.45) is 0 Å². The molecule has 0 aliphatic carbocycles. The normalized spacial score (nSPS) is 16.6. The number of methoxy groups -OCH3 is 1. The van der Waals surface area contributed by atoms with Crippen molar-refractivity contribution >= 4 is 17.7 Å². The maximum atomic E-state index is 14.5. The van der Waals surface area contributed by atoms with Gasteiger partial charge >= 0.3 is 0 Å². The zero-order valence-electron chi connectivity index (χ0n) is 21.8. The van der Waals surface area contributed by atoms with Crippen LogP contribution in [0.1, 0.15) is 59.7 Å². The summed E-state index contributed by atoms with van der Waals surface area (Å²) in [5.41, 5.74) is 6.16. The van der Waals surface area contributed by atoms with E-state index in [1.807, 2.05) is 6.07 Å². The molecule has 1 aliphatic rings. The predicted octanol–water partition coefficient (Wildman–Crippen LogP) is 6.80. The molecule has 1 fully saturated rings. The first-order valence-corrected chi connectivity index (χ1v) is 12.9. The molecule has 1 aliphatic heterocycles. The first kappa shape index (κ1) is 25.7. The third-order valence-corrected chi connectivity index (χ3v) is 7.51. The lowest BCUT2D eigenvalue weighted by Crippen LogP contribution is -2.52. The molecule has 5 heteroatoms. The standard InChI is InChI=1S/C31H37FN2O2/c1-5-24(8-9-25-11-15-29(36-4)19-31(25)32)30-18-28(14-10-26(30)21-35)33-16-17-34(23(3)20-33)27-12-6-22(2)7-13-27/h6-7,10-15,18-19,21,23-24H,5,8-9,16-17,20H2,1-4H3. The second kappa shape index (κ2) is 11.6. The van der Waals surface area contributed by atoms with Crippen molar-refractivity contribution in [3.05, 3.63) is 88.7 Å². The second-order valence-corrected chi connectivity index (χ2v) is 9.86. The highest BCUT2D eigenvalue weighted by Crippen LogP contribution is 2.33. The van der Waals surface area contributed by atoms with Gasteiger partial charge in [-0.1, -0.05) is 30.7 Å². The molecule has 0 saturated carbocycles. The molecular formula is C31H37FN2O2. The molecule has 0 N–H and O–H groups in total. The lowest BCUT2D eigenvalue weighted by atomic mass is 9.87. The maximum absolute atomic E-state index is 14.5. The van der Waals surface area contributed by atoms with Gasteiger partial charge in [0.1, 0.15) is 17.9 Å². The summed E-state index contributed by atoms with van der Waals surface area (Å²) in [6, 6.07) is 20.4. The van der Waals surface area contributed by atoms with Gasteiger partial charge in [0.05, 0.1) is 7.11 Å². The summed E-state index contributed by atoms with van der Waals surface area (Å²) in [6.07, 6.45) is 3.23. The summed E-state index contributed by atoms with van der Waals surface area (Å²) < 4.78 is 19.6. The molecule has 0 spiro atoms. The minimum atomic E-state index is -0.242. The molecule has 190 valence electrons. The molecule has 1 saturated heterocycles. The number of carbonyl (C=O) groups excluding carboxylic acids is 1. The minimum Gasteiger partial charge on any atom is -0.497 e.